The predicted molar refractivity (Wildman–Crippen MR) is 129 cm³/mol. The average Bonchev–Trinajstić information content (AvgIpc) is 3.35. The number of fused-ring (bicyclic) bond motifs is 1. The molecule has 0 aliphatic rings. The van der Waals surface area contributed by atoms with E-state index in [1.165, 1.54) is 33.6 Å². The van der Waals surface area contributed by atoms with Gasteiger partial charge in [-0.15, -0.1) is 21.5 Å². The Hall–Kier alpha value is -2.43. The molecule has 0 saturated heterocycles. The molecule has 3 aromatic heterocycles. The molecule has 0 aliphatic heterocycles. The third-order valence-corrected chi connectivity index (χ3v) is 7.61. The average molecular weight is 518 g/mol. The minimum Gasteiger partial charge on any atom is -0.299 e. The summed E-state index contributed by atoms with van der Waals surface area (Å²) < 4.78 is 2.31. The number of carbonyl (C=O) groups excluding carboxylic acids is 1. The fourth-order valence-corrected chi connectivity index (χ4v) is 5.31. The van der Waals surface area contributed by atoms with Gasteiger partial charge in [0, 0.05) is 20.8 Å². The van der Waals surface area contributed by atoms with Gasteiger partial charge >= 0.3 is 0 Å². The zero-order valence-corrected chi connectivity index (χ0v) is 20.4. The van der Waals surface area contributed by atoms with E-state index in [4.69, 9.17) is 0 Å². The minimum absolute atomic E-state index is 0.143. The second-order valence-corrected chi connectivity index (χ2v) is 10.3. The van der Waals surface area contributed by atoms with Gasteiger partial charge in [0.2, 0.25) is 11.0 Å². The van der Waals surface area contributed by atoms with Crippen LogP contribution in [0.2, 0.25) is 0 Å². The molecule has 0 spiro atoms. The molecule has 0 unspecified atom stereocenters. The van der Waals surface area contributed by atoms with Gasteiger partial charge in [-0.2, -0.15) is 0 Å². The third kappa shape index (κ3) is 4.46. The first kappa shape index (κ1) is 21.8. The number of aromatic nitrogens is 4. The maximum absolute atomic E-state index is 13.3. The van der Waals surface area contributed by atoms with Gasteiger partial charge in [-0.25, -0.2) is 4.98 Å². The van der Waals surface area contributed by atoms with Gasteiger partial charge in [0.15, 0.2) is 0 Å². The highest BCUT2D eigenvalue weighted by Gasteiger charge is 2.19. The molecule has 4 aromatic rings. The molecule has 0 bridgehead atoms. The molecule has 3 heterocycles. The number of carbonyl (C=O) groups is 1. The Morgan fingerprint density at radius 2 is 1.94 bits per heavy atom. The lowest BCUT2D eigenvalue weighted by Crippen LogP contribution is -2.27. The summed E-state index contributed by atoms with van der Waals surface area (Å²) in [5.41, 5.74) is 1.63. The van der Waals surface area contributed by atoms with Crippen LogP contribution in [-0.2, 0) is 17.8 Å². The van der Waals surface area contributed by atoms with Crippen LogP contribution in [0.4, 0.5) is 5.13 Å². The van der Waals surface area contributed by atoms with Gasteiger partial charge in [0.1, 0.15) is 16.4 Å². The zero-order valence-electron chi connectivity index (χ0n) is 17.2. The lowest BCUT2D eigenvalue weighted by Gasteiger charge is -2.07. The van der Waals surface area contributed by atoms with Gasteiger partial charge in [0.25, 0.3) is 5.56 Å². The van der Waals surface area contributed by atoms with Crippen molar-refractivity contribution in [2.24, 2.45) is 0 Å². The molecule has 1 N–H and O–H groups in total. The number of aryl methyl sites for hydroxylation is 1. The topological polar surface area (TPSA) is 89.8 Å². The molecule has 0 radical (unpaired) electrons. The Balaban J connectivity index is 1.68. The van der Waals surface area contributed by atoms with Crippen molar-refractivity contribution in [1.82, 2.24) is 19.7 Å². The lowest BCUT2D eigenvalue weighted by molar-refractivity contribution is -0.116. The standard InChI is InChI=1S/C21H20BrN5O2S2/c1-4-14-16(12-5-7-13(22)8-6-12)17-19(30-14)23-10-27(20(17)29)9-15(28)24-21-26-25-18(31-21)11(2)3/h5-8,10-11H,4,9H2,1-3H3,(H,24,26,28). The van der Waals surface area contributed by atoms with Crippen LogP contribution in [-0.4, -0.2) is 25.7 Å². The van der Waals surface area contributed by atoms with E-state index in [1.54, 1.807) is 0 Å². The Morgan fingerprint density at radius 3 is 2.58 bits per heavy atom. The summed E-state index contributed by atoms with van der Waals surface area (Å²) in [5.74, 6) is -0.105. The highest BCUT2D eigenvalue weighted by molar-refractivity contribution is 9.10. The summed E-state index contributed by atoms with van der Waals surface area (Å²) in [6, 6.07) is 7.87. The fraction of sp³-hybridized carbons (Fsp3) is 0.286. The van der Waals surface area contributed by atoms with Crippen molar-refractivity contribution in [3.63, 3.8) is 0 Å². The molecule has 0 atom stereocenters. The number of nitrogens with one attached hydrogen (secondary N) is 1. The van der Waals surface area contributed by atoms with Gasteiger partial charge in [-0.05, 0) is 24.1 Å². The number of anilines is 1. The Morgan fingerprint density at radius 1 is 1.19 bits per heavy atom. The molecule has 160 valence electrons. The second-order valence-electron chi connectivity index (χ2n) is 7.27. The van der Waals surface area contributed by atoms with E-state index in [9.17, 15) is 9.59 Å². The number of thiophene rings is 1. The van der Waals surface area contributed by atoms with Crippen LogP contribution >= 0.6 is 38.6 Å². The van der Waals surface area contributed by atoms with Gasteiger partial charge < -0.3 is 0 Å². The molecule has 0 aliphatic carbocycles. The maximum atomic E-state index is 13.3. The number of hydrogen-bond donors (Lipinski definition) is 1. The molecular weight excluding hydrogens is 498 g/mol. The van der Waals surface area contributed by atoms with Crippen molar-refractivity contribution in [2.75, 3.05) is 5.32 Å². The van der Waals surface area contributed by atoms with Crippen molar-refractivity contribution >= 4 is 59.9 Å². The smallest absolute Gasteiger partial charge is 0.263 e. The van der Waals surface area contributed by atoms with E-state index in [2.05, 4.69) is 43.4 Å². The number of hydrogen-bond acceptors (Lipinski definition) is 7. The molecule has 0 fully saturated rings. The largest absolute Gasteiger partial charge is 0.299 e. The van der Waals surface area contributed by atoms with E-state index in [1.807, 2.05) is 38.1 Å². The van der Waals surface area contributed by atoms with Gasteiger partial charge in [0.05, 0.1) is 11.7 Å². The first-order valence-corrected chi connectivity index (χ1v) is 12.2. The monoisotopic (exact) mass is 517 g/mol. The quantitative estimate of drug-likeness (QED) is 0.385. The van der Waals surface area contributed by atoms with E-state index >= 15 is 0 Å². The Kier molecular flexibility index (Phi) is 6.31. The summed E-state index contributed by atoms with van der Waals surface area (Å²) in [4.78, 5) is 32.1. The predicted octanol–water partition coefficient (Wildman–Crippen LogP) is 5.06. The molecule has 10 heteroatoms. The molecule has 4 rings (SSSR count). The fourth-order valence-electron chi connectivity index (χ4n) is 3.19. The van der Waals surface area contributed by atoms with E-state index in [0.717, 1.165) is 31.9 Å². The van der Waals surface area contributed by atoms with Crippen LogP contribution in [0.15, 0.2) is 39.9 Å². The third-order valence-electron chi connectivity index (χ3n) is 4.70. The first-order chi connectivity index (χ1) is 14.9. The molecule has 7 nitrogen and oxygen atoms in total. The number of benzene rings is 1. The summed E-state index contributed by atoms with van der Waals surface area (Å²) in [7, 11) is 0. The number of halogens is 1. The lowest BCUT2D eigenvalue weighted by atomic mass is 10.0. The molecular formula is C21H20BrN5O2S2. The highest BCUT2D eigenvalue weighted by Crippen LogP contribution is 2.36. The van der Waals surface area contributed by atoms with Crippen molar-refractivity contribution in [1.29, 1.82) is 0 Å². The molecule has 1 aromatic carbocycles. The number of nitrogens with zero attached hydrogens (tertiary/aromatic N) is 4. The van der Waals surface area contributed by atoms with E-state index < -0.39 is 0 Å². The number of amides is 1. The zero-order chi connectivity index (χ0) is 22.1. The second kappa shape index (κ2) is 8.97. The normalized spacial score (nSPS) is 11.4. The summed E-state index contributed by atoms with van der Waals surface area (Å²) >= 11 is 6.31. The highest BCUT2D eigenvalue weighted by atomic mass is 79.9. The van der Waals surface area contributed by atoms with Gasteiger partial charge in [-0.1, -0.05) is 60.2 Å². The SMILES string of the molecule is CCc1sc2ncn(CC(=O)Nc3nnc(C(C)C)s3)c(=O)c2c1-c1ccc(Br)cc1. The van der Waals surface area contributed by atoms with Crippen molar-refractivity contribution in [3.05, 3.63) is 55.3 Å². The summed E-state index contributed by atoms with van der Waals surface area (Å²) in [6.45, 7) is 5.95. The van der Waals surface area contributed by atoms with Crippen LogP contribution < -0.4 is 10.9 Å². The van der Waals surface area contributed by atoms with E-state index in [0.29, 0.717) is 15.3 Å². The van der Waals surface area contributed by atoms with E-state index in [-0.39, 0.29) is 23.9 Å². The van der Waals surface area contributed by atoms with Gasteiger partial charge in [-0.3, -0.25) is 19.5 Å². The van der Waals surface area contributed by atoms with Crippen molar-refractivity contribution in [2.45, 2.75) is 39.7 Å². The maximum Gasteiger partial charge on any atom is 0.263 e. The minimum atomic E-state index is -0.342. The molecule has 0 saturated carbocycles. The van der Waals surface area contributed by atoms with Crippen LogP contribution in [0, 0.1) is 0 Å². The molecule has 1 amide bonds. The Bertz CT molecular complexity index is 1310. The van der Waals surface area contributed by atoms with Crippen LogP contribution in [0.5, 0.6) is 0 Å². The van der Waals surface area contributed by atoms with Crippen molar-refractivity contribution < 1.29 is 4.79 Å². The summed E-state index contributed by atoms with van der Waals surface area (Å²) in [5, 5.41) is 12.6. The van der Waals surface area contributed by atoms with Crippen LogP contribution in [0.1, 0.15) is 36.6 Å². The molecule has 31 heavy (non-hydrogen) atoms. The van der Waals surface area contributed by atoms with Crippen LogP contribution in [0.3, 0.4) is 0 Å². The Labute approximate surface area is 195 Å². The summed E-state index contributed by atoms with van der Waals surface area (Å²) in [6.07, 6.45) is 2.23. The van der Waals surface area contributed by atoms with Crippen LogP contribution in [0.25, 0.3) is 21.3 Å². The number of rotatable bonds is 6. The first-order valence-electron chi connectivity index (χ1n) is 9.77. The van der Waals surface area contributed by atoms with Crippen molar-refractivity contribution in [3.8, 4) is 11.1 Å².